The van der Waals surface area contributed by atoms with Crippen molar-refractivity contribution in [2.24, 2.45) is 0 Å². The van der Waals surface area contributed by atoms with Crippen LogP contribution in [0.15, 0.2) is 18.5 Å². The van der Waals surface area contributed by atoms with Crippen LogP contribution in [-0.4, -0.2) is 45.3 Å². The van der Waals surface area contributed by atoms with E-state index in [2.05, 4.69) is 5.10 Å². The van der Waals surface area contributed by atoms with Gasteiger partial charge < -0.3 is 10.0 Å². The summed E-state index contributed by atoms with van der Waals surface area (Å²) in [5, 5.41) is 12.3. The highest BCUT2D eigenvalue weighted by molar-refractivity contribution is 5.76. The highest BCUT2D eigenvalue weighted by Gasteiger charge is 2.10. The maximum absolute atomic E-state index is 11.5. The van der Waals surface area contributed by atoms with Crippen molar-refractivity contribution in [3.8, 4) is 0 Å². The number of hydrogen-bond acceptors (Lipinski definition) is 3. The first-order chi connectivity index (χ1) is 7.09. The Kier molecular flexibility index (Phi) is 3.84. The molecular formula is C9H13N3O3. The number of carbonyl (C=O) groups is 2. The minimum absolute atomic E-state index is 0.0403. The van der Waals surface area contributed by atoms with E-state index < -0.39 is 5.97 Å². The van der Waals surface area contributed by atoms with Gasteiger partial charge >= 0.3 is 5.97 Å². The van der Waals surface area contributed by atoms with E-state index in [4.69, 9.17) is 5.11 Å². The molecule has 1 N–H and O–H groups in total. The summed E-state index contributed by atoms with van der Waals surface area (Å²) in [7, 11) is 1.58. The van der Waals surface area contributed by atoms with E-state index in [1.807, 2.05) is 0 Å². The summed E-state index contributed by atoms with van der Waals surface area (Å²) in [6, 6.07) is 1.73. The number of rotatable bonds is 5. The second-order valence-corrected chi connectivity index (χ2v) is 3.16. The average Bonchev–Trinajstić information content (AvgIpc) is 2.66. The molecule has 82 valence electrons. The van der Waals surface area contributed by atoms with Crippen LogP contribution in [-0.2, 0) is 16.1 Å². The number of nitrogens with zero attached hydrogens (tertiary/aromatic N) is 3. The lowest BCUT2D eigenvalue weighted by molar-refractivity contribution is -0.138. The van der Waals surface area contributed by atoms with Crippen molar-refractivity contribution in [2.75, 3.05) is 13.6 Å². The van der Waals surface area contributed by atoms with E-state index in [1.165, 1.54) is 9.58 Å². The first kappa shape index (κ1) is 11.2. The lowest BCUT2D eigenvalue weighted by atomic mass is 10.4. The van der Waals surface area contributed by atoms with Crippen LogP contribution in [0.25, 0.3) is 0 Å². The quantitative estimate of drug-likeness (QED) is 0.732. The van der Waals surface area contributed by atoms with Crippen molar-refractivity contribution >= 4 is 11.9 Å². The molecule has 0 radical (unpaired) electrons. The van der Waals surface area contributed by atoms with Crippen LogP contribution < -0.4 is 0 Å². The normalized spacial score (nSPS) is 9.93. The number of hydrogen-bond donors (Lipinski definition) is 1. The second kappa shape index (κ2) is 5.14. The summed E-state index contributed by atoms with van der Waals surface area (Å²) >= 11 is 0. The number of carbonyl (C=O) groups excluding carboxylic acids is 1. The molecule has 0 unspecified atom stereocenters. The number of likely N-dealkylation sites (N-methyl/N-ethyl adjacent to an activating group) is 1. The molecule has 6 nitrogen and oxygen atoms in total. The molecule has 0 fully saturated rings. The van der Waals surface area contributed by atoms with Gasteiger partial charge in [0.05, 0.1) is 6.42 Å². The van der Waals surface area contributed by atoms with Crippen LogP contribution in [0.1, 0.15) is 6.42 Å². The zero-order valence-electron chi connectivity index (χ0n) is 8.46. The Labute approximate surface area is 87.1 Å². The van der Waals surface area contributed by atoms with Crippen molar-refractivity contribution in [3.63, 3.8) is 0 Å². The van der Waals surface area contributed by atoms with Crippen molar-refractivity contribution in [2.45, 2.75) is 13.0 Å². The van der Waals surface area contributed by atoms with E-state index in [0.29, 0.717) is 0 Å². The molecule has 1 amide bonds. The Balaban J connectivity index is 2.36. The number of amides is 1. The number of aromatic nitrogens is 2. The van der Waals surface area contributed by atoms with Gasteiger partial charge in [0.15, 0.2) is 0 Å². The van der Waals surface area contributed by atoms with Gasteiger partial charge in [-0.25, -0.2) is 0 Å². The van der Waals surface area contributed by atoms with Gasteiger partial charge in [0, 0.05) is 26.0 Å². The molecule has 1 heterocycles. The zero-order chi connectivity index (χ0) is 11.3. The largest absolute Gasteiger partial charge is 0.481 e. The van der Waals surface area contributed by atoms with Crippen LogP contribution in [0, 0.1) is 0 Å². The molecule has 1 rings (SSSR count). The van der Waals surface area contributed by atoms with E-state index >= 15 is 0 Å². The Morgan fingerprint density at radius 1 is 1.53 bits per heavy atom. The van der Waals surface area contributed by atoms with Gasteiger partial charge in [-0.3, -0.25) is 14.3 Å². The molecule has 0 aliphatic rings. The summed E-state index contributed by atoms with van der Waals surface area (Å²) in [5.74, 6) is -1.06. The standard InChI is InChI=1S/C9H13N3O3/c1-11(6-3-9(14)15)8(13)7-12-5-2-4-10-12/h2,4-5H,3,6-7H2,1H3,(H,14,15). The Morgan fingerprint density at radius 3 is 2.80 bits per heavy atom. The third-order valence-corrected chi connectivity index (χ3v) is 1.94. The summed E-state index contributed by atoms with van der Waals surface area (Å²) in [6.07, 6.45) is 3.23. The lowest BCUT2D eigenvalue weighted by Gasteiger charge is -2.15. The number of carboxylic acid groups (broad SMARTS) is 1. The van der Waals surface area contributed by atoms with Crippen molar-refractivity contribution in [1.29, 1.82) is 0 Å². The number of aliphatic carboxylic acids is 1. The van der Waals surface area contributed by atoms with Crippen LogP contribution in [0.3, 0.4) is 0 Å². The maximum atomic E-state index is 11.5. The first-order valence-corrected chi connectivity index (χ1v) is 4.53. The minimum atomic E-state index is -0.909. The lowest BCUT2D eigenvalue weighted by Crippen LogP contribution is -2.32. The van der Waals surface area contributed by atoms with E-state index in [9.17, 15) is 9.59 Å². The van der Waals surface area contributed by atoms with Gasteiger partial charge in [0.25, 0.3) is 0 Å². The fourth-order valence-corrected chi connectivity index (χ4v) is 1.04. The molecule has 1 aromatic rings. The van der Waals surface area contributed by atoms with E-state index in [1.54, 1.807) is 25.5 Å². The SMILES string of the molecule is CN(CCC(=O)O)C(=O)Cn1cccn1. The molecule has 0 atom stereocenters. The second-order valence-electron chi connectivity index (χ2n) is 3.16. The summed E-state index contributed by atoms with van der Waals surface area (Å²) in [5.41, 5.74) is 0. The molecule has 0 aliphatic carbocycles. The Bertz CT molecular complexity index is 334. The Morgan fingerprint density at radius 2 is 2.27 bits per heavy atom. The van der Waals surface area contributed by atoms with Gasteiger partial charge in [-0.15, -0.1) is 0 Å². The topological polar surface area (TPSA) is 75.4 Å². The third-order valence-electron chi connectivity index (χ3n) is 1.94. The van der Waals surface area contributed by atoms with Gasteiger partial charge in [0.1, 0.15) is 6.54 Å². The predicted octanol–water partition coefficient (Wildman–Crippen LogP) is -0.184. The fourth-order valence-electron chi connectivity index (χ4n) is 1.04. The van der Waals surface area contributed by atoms with Crippen molar-refractivity contribution in [1.82, 2.24) is 14.7 Å². The maximum Gasteiger partial charge on any atom is 0.305 e. The van der Waals surface area contributed by atoms with Crippen molar-refractivity contribution < 1.29 is 14.7 Å². The molecular weight excluding hydrogens is 198 g/mol. The van der Waals surface area contributed by atoms with E-state index in [0.717, 1.165) is 0 Å². The smallest absolute Gasteiger partial charge is 0.305 e. The molecule has 15 heavy (non-hydrogen) atoms. The monoisotopic (exact) mass is 211 g/mol. The molecule has 0 bridgehead atoms. The van der Waals surface area contributed by atoms with Crippen LogP contribution in [0.2, 0.25) is 0 Å². The Hall–Kier alpha value is -1.85. The number of carboxylic acids is 1. The van der Waals surface area contributed by atoms with Crippen molar-refractivity contribution in [3.05, 3.63) is 18.5 Å². The molecule has 0 spiro atoms. The highest BCUT2D eigenvalue weighted by Crippen LogP contribution is 1.93. The van der Waals surface area contributed by atoms with Gasteiger partial charge in [-0.1, -0.05) is 0 Å². The van der Waals surface area contributed by atoms with Crippen LogP contribution in [0.4, 0.5) is 0 Å². The molecule has 6 heteroatoms. The third kappa shape index (κ3) is 3.80. The van der Waals surface area contributed by atoms with Crippen LogP contribution >= 0.6 is 0 Å². The average molecular weight is 211 g/mol. The molecule has 0 saturated carbocycles. The van der Waals surface area contributed by atoms with Crippen LogP contribution in [0.5, 0.6) is 0 Å². The molecule has 1 aromatic heterocycles. The fraction of sp³-hybridized carbons (Fsp3) is 0.444. The van der Waals surface area contributed by atoms with Gasteiger partial charge in [0.2, 0.25) is 5.91 Å². The first-order valence-electron chi connectivity index (χ1n) is 4.53. The molecule has 0 aliphatic heterocycles. The van der Waals surface area contributed by atoms with Gasteiger partial charge in [-0.05, 0) is 6.07 Å². The van der Waals surface area contributed by atoms with E-state index in [-0.39, 0.29) is 25.4 Å². The molecule has 0 saturated heterocycles. The summed E-state index contributed by atoms with van der Waals surface area (Å²) in [4.78, 5) is 23.2. The zero-order valence-corrected chi connectivity index (χ0v) is 8.46. The van der Waals surface area contributed by atoms with Gasteiger partial charge in [-0.2, -0.15) is 5.10 Å². The molecule has 0 aromatic carbocycles. The minimum Gasteiger partial charge on any atom is -0.481 e. The predicted molar refractivity (Wildman–Crippen MR) is 52.1 cm³/mol. The summed E-state index contributed by atoms with van der Waals surface area (Å²) in [6.45, 7) is 0.360. The highest BCUT2D eigenvalue weighted by atomic mass is 16.4. The summed E-state index contributed by atoms with van der Waals surface area (Å²) < 4.78 is 1.50.